The van der Waals surface area contributed by atoms with Gasteiger partial charge >= 0.3 is 6.09 Å². The van der Waals surface area contributed by atoms with Crippen LogP contribution in [0.1, 0.15) is 10.4 Å². The van der Waals surface area contributed by atoms with Crippen molar-refractivity contribution >= 4 is 34.0 Å². The highest BCUT2D eigenvalue weighted by molar-refractivity contribution is 7.14. The summed E-state index contributed by atoms with van der Waals surface area (Å²) in [4.78, 5) is 27.7. The van der Waals surface area contributed by atoms with E-state index in [-0.39, 0.29) is 18.1 Å². The molecule has 126 valence electrons. The largest absolute Gasteiger partial charge is 0.442 e. The Hall–Kier alpha value is -2.54. The number of hydrogen-bond acceptors (Lipinski definition) is 5. The average molecular weight is 345 g/mol. The second kappa shape index (κ2) is 6.92. The van der Waals surface area contributed by atoms with Gasteiger partial charge in [0.15, 0.2) is 0 Å². The summed E-state index contributed by atoms with van der Waals surface area (Å²) < 4.78 is 5.31. The Labute approximate surface area is 144 Å². The van der Waals surface area contributed by atoms with Crippen molar-refractivity contribution in [3.63, 3.8) is 0 Å². The minimum Gasteiger partial charge on any atom is -0.442 e. The van der Waals surface area contributed by atoms with Crippen molar-refractivity contribution in [2.75, 3.05) is 37.0 Å². The monoisotopic (exact) mass is 345 g/mol. The lowest BCUT2D eigenvalue weighted by atomic mass is 10.2. The van der Waals surface area contributed by atoms with Crippen LogP contribution >= 0.6 is 11.3 Å². The van der Waals surface area contributed by atoms with E-state index in [1.165, 1.54) is 11.3 Å². The molecule has 2 aromatic rings. The number of hydrogen-bond donors (Lipinski definition) is 1. The second-order valence-corrected chi connectivity index (χ2v) is 6.65. The second-order valence-electron chi connectivity index (χ2n) is 5.72. The van der Waals surface area contributed by atoms with Gasteiger partial charge in [-0.2, -0.15) is 0 Å². The van der Waals surface area contributed by atoms with Crippen molar-refractivity contribution in [1.82, 2.24) is 5.32 Å². The molecule has 0 spiro atoms. The summed E-state index contributed by atoms with van der Waals surface area (Å²) >= 11 is 1.48. The number of thiophene rings is 1. The normalized spacial score (nSPS) is 16.8. The van der Waals surface area contributed by atoms with Crippen LogP contribution in [0.4, 0.5) is 15.5 Å². The standard InChI is InChI=1S/C17H19N3O3S/c1-19(2)13-7-5-12(6-8-13)16(21)18-10-14-11-20(17(22)23-14)15-4-3-9-24-15/h3-9,14H,10-11H2,1-2H3,(H,18,21). The molecule has 1 saturated heterocycles. The third-order valence-electron chi connectivity index (χ3n) is 3.78. The van der Waals surface area contributed by atoms with Crippen LogP contribution in [0.5, 0.6) is 0 Å². The van der Waals surface area contributed by atoms with Gasteiger partial charge in [-0.25, -0.2) is 4.79 Å². The molecular formula is C17H19N3O3S. The van der Waals surface area contributed by atoms with Gasteiger partial charge in [0.25, 0.3) is 5.91 Å². The number of ether oxygens (including phenoxy) is 1. The number of carbonyl (C=O) groups is 2. The van der Waals surface area contributed by atoms with Gasteiger partial charge in [-0.3, -0.25) is 9.69 Å². The van der Waals surface area contributed by atoms with Gasteiger partial charge in [0.05, 0.1) is 13.1 Å². The van der Waals surface area contributed by atoms with Crippen molar-refractivity contribution < 1.29 is 14.3 Å². The molecule has 0 saturated carbocycles. The van der Waals surface area contributed by atoms with Crippen molar-refractivity contribution in [3.8, 4) is 0 Å². The molecule has 0 aliphatic carbocycles. The maximum atomic E-state index is 12.2. The molecule has 1 N–H and O–H groups in total. The predicted molar refractivity (Wildman–Crippen MR) is 95.0 cm³/mol. The van der Waals surface area contributed by atoms with Crippen molar-refractivity contribution in [2.24, 2.45) is 0 Å². The van der Waals surface area contributed by atoms with Crippen LogP contribution in [0.15, 0.2) is 41.8 Å². The fourth-order valence-corrected chi connectivity index (χ4v) is 3.18. The Morgan fingerprint density at radius 3 is 2.71 bits per heavy atom. The van der Waals surface area contributed by atoms with Gasteiger partial charge in [-0.1, -0.05) is 0 Å². The van der Waals surface area contributed by atoms with E-state index in [1.54, 1.807) is 17.0 Å². The average Bonchev–Trinajstić information content (AvgIpc) is 3.22. The van der Waals surface area contributed by atoms with Gasteiger partial charge in [0.1, 0.15) is 11.1 Å². The van der Waals surface area contributed by atoms with E-state index >= 15 is 0 Å². The van der Waals surface area contributed by atoms with Gasteiger partial charge < -0.3 is 15.0 Å². The smallest absolute Gasteiger partial charge is 0.415 e. The minimum atomic E-state index is -0.368. The molecule has 2 heterocycles. The minimum absolute atomic E-state index is 0.175. The molecule has 1 aromatic heterocycles. The maximum Gasteiger partial charge on any atom is 0.415 e. The lowest BCUT2D eigenvalue weighted by molar-refractivity contribution is 0.0916. The number of benzene rings is 1. The molecule has 0 radical (unpaired) electrons. The molecule has 24 heavy (non-hydrogen) atoms. The van der Waals surface area contributed by atoms with Crippen LogP contribution in [0.2, 0.25) is 0 Å². The first-order valence-electron chi connectivity index (χ1n) is 7.62. The highest BCUT2D eigenvalue weighted by Gasteiger charge is 2.33. The zero-order valence-corrected chi connectivity index (χ0v) is 14.4. The number of nitrogens with zero attached hydrogens (tertiary/aromatic N) is 2. The molecule has 0 bridgehead atoms. The lowest BCUT2D eigenvalue weighted by Crippen LogP contribution is -2.34. The summed E-state index contributed by atoms with van der Waals surface area (Å²) in [6.07, 6.45) is -0.711. The Morgan fingerprint density at radius 1 is 1.33 bits per heavy atom. The molecule has 1 fully saturated rings. The Bertz CT molecular complexity index is 713. The Kier molecular flexibility index (Phi) is 4.71. The molecule has 1 aromatic carbocycles. The van der Waals surface area contributed by atoms with E-state index in [0.29, 0.717) is 18.7 Å². The van der Waals surface area contributed by atoms with Crippen LogP contribution in [0.3, 0.4) is 0 Å². The number of rotatable bonds is 5. The molecule has 1 aliphatic rings. The van der Waals surface area contributed by atoms with Crippen LogP contribution in [0.25, 0.3) is 0 Å². The number of nitrogens with one attached hydrogen (secondary N) is 1. The Balaban J connectivity index is 1.54. The number of amides is 2. The fraction of sp³-hybridized carbons (Fsp3) is 0.294. The van der Waals surface area contributed by atoms with Crippen molar-refractivity contribution in [3.05, 3.63) is 47.3 Å². The zero-order chi connectivity index (χ0) is 17.1. The molecule has 3 rings (SSSR count). The van der Waals surface area contributed by atoms with E-state index in [1.807, 2.05) is 48.6 Å². The quantitative estimate of drug-likeness (QED) is 0.905. The van der Waals surface area contributed by atoms with E-state index in [2.05, 4.69) is 5.32 Å². The van der Waals surface area contributed by atoms with Crippen LogP contribution in [-0.4, -0.2) is 45.3 Å². The SMILES string of the molecule is CN(C)c1ccc(C(=O)NCC2CN(c3cccs3)C(=O)O2)cc1. The van der Waals surface area contributed by atoms with Gasteiger partial charge in [0, 0.05) is 25.3 Å². The van der Waals surface area contributed by atoms with Gasteiger partial charge in [-0.05, 0) is 41.8 Å². The molecule has 1 aliphatic heterocycles. The van der Waals surface area contributed by atoms with Gasteiger partial charge in [-0.15, -0.1) is 11.3 Å². The van der Waals surface area contributed by atoms with Crippen molar-refractivity contribution in [2.45, 2.75) is 6.10 Å². The van der Waals surface area contributed by atoms with E-state index < -0.39 is 0 Å². The Morgan fingerprint density at radius 2 is 2.08 bits per heavy atom. The number of carbonyl (C=O) groups excluding carboxylic acids is 2. The summed E-state index contributed by atoms with van der Waals surface area (Å²) in [5.74, 6) is -0.175. The lowest BCUT2D eigenvalue weighted by Gasteiger charge is -2.13. The van der Waals surface area contributed by atoms with E-state index in [9.17, 15) is 9.59 Å². The summed E-state index contributed by atoms with van der Waals surface area (Å²) in [7, 11) is 3.89. The third kappa shape index (κ3) is 3.51. The molecule has 1 unspecified atom stereocenters. The van der Waals surface area contributed by atoms with Crippen LogP contribution in [-0.2, 0) is 4.74 Å². The number of cyclic esters (lactones) is 1. The molecule has 1 atom stereocenters. The van der Waals surface area contributed by atoms with E-state index in [4.69, 9.17) is 4.74 Å². The van der Waals surface area contributed by atoms with Crippen LogP contribution in [0, 0.1) is 0 Å². The summed E-state index contributed by atoms with van der Waals surface area (Å²) in [5, 5.41) is 5.59. The van der Waals surface area contributed by atoms with E-state index in [0.717, 1.165) is 10.7 Å². The molecule has 7 heteroatoms. The molecule has 2 amide bonds. The van der Waals surface area contributed by atoms with Gasteiger partial charge in [0.2, 0.25) is 0 Å². The summed E-state index contributed by atoms with van der Waals surface area (Å²) in [5.41, 5.74) is 1.61. The van der Waals surface area contributed by atoms with Crippen molar-refractivity contribution in [1.29, 1.82) is 0 Å². The zero-order valence-electron chi connectivity index (χ0n) is 13.6. The first-order chi connectivity index (χ1) is 11.5. The highest BCUT2D eigenvalue weighted by Crippen LogP contribution is 2.26. The van der Waals surface area contributed by atoms with Crippen LogP contribution < -0.4 is 15.1 Å². The maximum absolute atomic E-state index is 12.2. The first kappa shape index (κ1) is 16.3. The predicted octanol–water partition coefficient (Wildman–Crippen LogP) is 2.57. The first-order valence-corrected chi connectivity index (χ1v) is 8.50. The highest BCUT2D eigenvalue weighted by atomic mass is 32.1. The third-order valence-corrected chi connectivity index (χ3v) is 4.67. The summed E-state index contributed by atoms with van der Waals surface area (Å²) in [6.45, 7) is 0.737. The topological polar surface area (TPSA) is 61.9 Å². The fourth-order valence-electron chi connectivity index (χ4n) is 2.45. The molecule has 6 nitrogen and oxygen atoms in total. The summed E-state index contributed by atoms with van der Waals surface area (Å²) in [6, 6.07) is 11.1. The molecular weight excluding hydrogens is 326 g/mol. The number of anilines is 2.